The van der Waals surface area contributed by atoms with Crippen LogP contribution in [0.1, 0.15) is 39.0 Å². The first kappa shape index (κ1) is 21.9. The van der Waals surface area contributed by atoms with E-state index < -0.39 is 24.3 Å². The van der Waals surface area contributed by atoms with Crippen molar-refractivity contribution in [1.82, 2.24) is 0 Å². The maximum Gasteiger partial charge on any atom is 0.120 e. The molecule has 2 rings (SSSR count). The van der Waals surface area contributed by atoms with E-state index in [0.717, 1.165) is 19.3 Å². The Balaban J connectivity index is 1.86. The van der Waals surface area contributed by atoms with E-state index in [-0.39, 0.29) is 18.9 Å². The second-order valence-electron chi connectivity index (χ2n) is 7.13. The Labute approximate surface area is 166 Å². The molecule has 5 heteroatoms. The molecule has 0 radical (unpaired) electrons. The Kier molecular flexibility index (Phi) is 9.32. The van der Waals surface area contributed by atoms with E-state index in [1.54, 1.807) is 36.4 Å². The topological polar surface area (TPSA) is 49.7 Å². The Bertz CT molecular complexity index is 619. The van der Waals surface area contributed by atoms with Crippen LogP contribution in [-0.4, -0.2) is 35.2 Å². The number of alkyl halides is 1. The van der Waals surface area contributed by atoms with E-state index in [1.807, 2.05) is 6.08 Å². The van der Waals surface area contributed by atoms with Crippen LogP contribution >= 0.6 is 11.6 Å². The number of benzene rings is 1. The Morgan fingerprint density at radius 2 is 2.19 bits per heavy atom. The Hall–Kier alpha value is -1.36. The van der Waals surface area contributed by atoms with Gasteiger partial charge in [-0.25, -0.2) is 4.39 Å². The highest BCUT2D eigenvalue weighted by Gasteiger charge is 2.40. The van der Waals surface area contributed by atoms with E-state index in [1.165, 1.54) is 0 Å². The summed E-state index contributed by atoms with van der Waals surface area (Å²) < 4.78 is 19.8. The maximum atomic E-state index is 14.3. The van der Waals surface area contributed by atoms with E-state index in [4.69, 9.17) is 16.3 Å². The SMILES string of the molecule is CCCC/C=C\C[C@@H]1[C@@H](/C=C/[C@@H](O)COc2cccc(Cl)c2)[C@@H](F)C[C@@H]1O. The fraction of sp³-hybridized carbons (Fsp3) is 0.545. The predicted molar refractivity (Wildman–Crippen MR) is 108 cm³/mol. The number of ether oxygens (including phenoxy) is 1. The average Bonchev–Trinajstić information content (AvgIpc) is 2.91. The van der Waals surface area contributed by atoms with Gasteiger partial charge in [-0.05, 0) is 37.0 Å². The van der Waals surface area contributed by atoms with Crippen molar-refractivity contribution < 1.29 is 19.3 Å². The van der Waals surface area contributed by atoms with E-state index in [9.17, 15) is 14.6 Å². The molecule has 2 N–H and O–H groups in total. The maximum absolute atomic E-state index is 14.3. The average molecular weight is 397 g/mol. The zero-order valence-electron chi connectivity index (χ0n) is 15.8. The molecule has 150 valence electrons. The van der Waals surface area contributed by atoms with Crippen LogP contribution in [0.2, 0.25) is 5.02 Å². The Morgan fingerprint density at radius 3 is 2.93 bits per heavy atom. The molecule has 1 aliphatic carbocycles. The molecule has 0 unspecified atom stereocenters. The van der Waals surface area contributed by atoms with Gasteiger partial charge in [-0.3, -0.25) is 0 Å². The van der Waals surface area contributed by atoms with Crippen LogP contribution in [0.4, 0.5) is 4.39 Å². The minimum absolute atomic E-state index is 0.0602. The van der Waals surface area contributed by atoms with Gasteiger partial charge in [-0.1, -0.05) is 61.7 Å². The molecule has 0 aromatic heterocycles. The van der Waals surface area contributed by atoms with Gasteiger partial charge in [0.25, 0.3) is 0 Å². The summed E-state index contributed by atoms with van der Waals surface area (Å²) in [5.41, 5.74) is 0. The third-order valence-electron chi connectivity index (χ3n) is 4.94. The minimum Gasteiger partial charge on any atom is -0.491 e. The molecule has 0 amide bonds. The number of aliphatic hydroxyl groups is 2. The molecule has 1 aromatic carbocycles. The molecule has 0 heterocycles. The summed E-state index contributed by atoms with van der Waals surface area (Å²) in [5.74, 6) is 0.0246. The normalized spacial score (nSPS) is 26.9. The highest BCUT2D eigenvalue weighted by Crippen LogP contribution is 2.38. The highest BCUT2D eigenvalue weighted by atomic mass is 35.5. The van der Waals surface area contributed by atoms with Crippen molar-refractivity contribution in [1.29, 1.82) is 0 Å². The fourth-order valence-corrected chi connectivity index (χ4v) is 3.59. The monoisotopic (exact) mass is 396 g/mol. The van der Waals surface area contributed by atoms with Gasteiger partial charge >= 0.3 is 0 Å². The standard InChI is InChI=1S/C22H30ClFO3/c1-2-3-4-5-6-10-20-19(21(24)14-22(20)26)12-11-17(25)15-27-18-9-7-8-16(23)13-18/h5-9,11-13,17,19-22,25-26H,2-4,10,14-15H2,1H3/b6-5-,12-11+/t17-,19-,20-,21+,22+/m1/s1. The second kappa shape index (κ2) is 11.5. The van der Waals surface area contributed by atoms with Crippen LogP contribution in [0, 0.1) is 11.8 Å². The highest BCUT2D eigenvalue weighted by molar-refractivity contribution is 6.30. The molecule has 1 aliphatic rings. The molecular formula is C22H30ClFO3. The molecule has 1 aromatic rings. The minimum atomic E-state index is -1.09. The summed E-state index contributed by atoms with van der Waals surface area (Å²) in [6.07, 6.45) is 8.90. The van der Waals surface area contributed by atoms with Gasteiger partial charge in [0.05, 0.1) is 6.10 Å². The lowest BCUT2D eigenvalue weighted by Gasteiger charge is -2.19. The van der Waals surface area contributed by atoms with Crippen LogP contribution in [0.3, 0.4) is 0 Å². The van der Waals surface area contributed by atoms with Crippen molar-refractivity contribution in [3.8, 4) is 5.75 Å². The summed E-state index contributed by atoms with van der Waals surface area (Å²) in [4.78, 5) is 0. The summed E-state index contributed by atoms with van der Waals surface area (Å²) in [6.45, 7) is 2.20. The smallest absolute Gasteiger partial charge is 0.120 e. The molecule has 1 saturated carbocycles. The third kappa shape index (κ3) is 7.28. The van der Waals surface area contributed by atoms with Crippen molar-refractivity contribution in [2.75, 3.05) is 6.61 Å². The summed E-state index contributed by atoms with van der Waals surface area (Å²) in [5, 5.41) is 20.8. The van der Waals surface area contributed by atoms with Crippen LogP contribution in [0.5, 0.6) is 5.75 Å². The van der Waals surface area contributed by atoms with Crippen LogP contribution in [-0.2, 0) is 0 Å². The van der Waals surface area contributed by atoms with Gasteiger partial charge in [-0.15, -0.1) is 0 Å². The molecule has 0 bridgehead atoms. The number of hydrogen-bond donors (Lipinski definition) is 2. The first-order chi connectivity index (χ1) is 13.0. The van der Waals surface area contributed by atoms with Crippen molar-refractivity contribution in [2.24, 2.45) is 11.8 Å². The van der Waals surface area contributed by atoms with Crippen molar-refractivity contribution in [2.45, 2.75) is 57.4 Å². The first-order valence-corrected chi connectivity index (χ1v) is 10.1. The summed E-state index contributed by atoms with van der Waals surface area (Å²) in [6, 6.07) is 6.94. The molecule has 1 fully saturated rings. The third-order valence-corrected chi connectivity index (χ3v) is 5.18. The number of hydrogen-bond acceptors (Lipinski definition) is 3. The van der Waals surface area contributed by atoms with Crippen molar-refractivity contribution in [3.05, 3.63) is 53.6 Å². The number of allylic oxidation sites excluding steroid dienone is 3. The molecule has 5 atom stereocenters. The quantitative estimate of drug-likeness (QED) is 0.427. The van der Waals surface area contributed by atoms with Crippen LogP contribution in [0.15, 0.2) is 48.6 Å². The van der Waals surface area contributed by atoms with Crippen LogP contribution in [0.25, 0.3) is 0 Å². The fourth-order valence-electron chi connectivity index (χ4n) is 3.41. The van der Waals surface area contributed by atoms with E-state index >= 15 is 0 Å². The lowest BCUT2D eigenvalue weighted by Crippen LogP contribution is -2.20. The number of halogens is 2. The predicted octanol–water partition coefficient (Wildman–Crippen LogP) is 5.11. The molecule has 0 saturated heterocycles. The van der Waals surface area contributed by atoms with Gasteiger partial charge in [0.15, 0.2) is 0 Å². The largest absolute Gasteiger partial charge is 0.491 e. The molecule has 0 spiro atoms. The van der Waals surface area contributed by atoms with E-state index in [0.29, 0.717) is 17.2 Å². The van der Waals surface area contributed by atoms with E-state index in [2.05, 4.69) is 13.0 Å². The van der Waals surface area contributed by atoms with Gasteiger partial charge in [0.2, 0.25) is 0 Å². The molecular weight excluding hydrogens is 367 g/mol. The summed E-state index contributed by atoms with van der Waals surface area (Å²) in [7, 11) is 0. The Morgan fingerprint density at radius 1 is 1.37 bits per heavy atom. The lowest BCUT2D eigenvalue weighted by atomic mass is 9.90. The summed E-state index contributed by atoms with van der Waals surface area (Å²) >= 11 is 5.90. The van der Waals surface area contributed by atoms with Gasteiger partial charge in [0.1, 0.15) is 24.6 Å². The lowest BCUT2D eigenvalue weighted by molar-refractivity contribution is 0.124. The zero-order valence-corrected chi connectivity index (χ0v) is 16.6. The number of aliphatic hydroxyl groups excluding tert-OH is 2. The number of rotatable bonds is 10. The van der Waals surface area contributed by atoms with Crippen molar-refractivity contribution in [3.63, 3.8) is 0 Å². The van der Waals surface area contributed by atoms with Crippen molar-refractivity contribution >= 4 is 11.6 Å². The molecule has 0 aliphatic heterocycles. The van der Waals surface area contributed by atoms with Gasteiger partial charge in [-0.2, -0.15) is 0 Å². The molecule has 27 heavy (non-hydrogen) atoms. The second-order valence-corrected chi connectivity index (χ2v) is 7.57. The zero-order chi connectivity index (χ0) is 19.6. The first-order valence-electron chi connectivity index (χ1n) is 9.73. The van der Waals surface area contributed by atoms with Gasteiger partial charge < -0.3 is 14.9 Å². The van der Waals surface area contributed by atoms with Crippen LogP contribution < -0.4 is 4.74 Å². The van der Waals surface area contributed by atoms with Gasteiger partial charge in [0, 0.05) is 17.4 Å². The molecule has 3 nitrogen and oxygen atoms in total. The number of unbranched alkanes of at least 4 members (excludes halogenated alkanes) is 2.